The summed E-state index contributed by atoms with van der Waals surface area (Å²) in [5.74, 6) is 6.36. The molecule has 0 aliphatic carbocycles. The first-order valence-corrected chi connectivity index (χ1v) is 9.49. The Kier molecular flexibility index (Phi) is 5.33. The maximum atomic E-state index is 12.4. The molecule has 0 aliphatic rings. The summed E-state index contributed by atoms with van der Waals surface area (Å²) in [5, 5.41) is 15.4. The summed E-state index contributed by atoms with van der Waals surface area (Å²) < 4.78 is 3.86. The van der Waals surface area contributed by atoms with Gasteiger partial charge >= 0.3 is 0 Å². The van der Waals surface area contributed by atoms with Gasteiger partial charge in [0, 0.05) is 15.9 Å². The van der Waals surface area contributed by atoms with E-state index in [-0.39, 0.29) is 5.91 Å². The Hall–Kier alpha value is -2.33. The minimum Gasteiger partial charge on any atom is -0.334 e. The molecule has 0 bridgehead atoms. The summed E-state index contributed by atoms with van der Waals surface area (Å²) in [6, 6.07) is 9.34. The van der Waals surface area contributed by atoms with Crippen molar-refractivity contribution in [2.45, 2.75) is 31.2 Å². The standard InChI is InChI=1S/C16H18BrN7OS/c1-9-7-10(2)24(22-9)15-20-21-16(23(15)18)26-11(3)14(25)19-13-6-4-5-12(17)8-13/h4-8,11H,18H2,1-3H3,(H,19,25). The lowest BCUT2D eigenvalue weighted by Gasteiger charge is -2.12. The van der Waals surface area contributed by atoms with Gasteiger partial charge in [0.05, 0.1) is 10.9 Å². The summed E-state index contributed by atoms with van der Waals surface area (Å²) in [6.07, 6.45) is 0. The molecule has 26 heavy (non-hydrogen) atoms. The van der Waals surface area contributed by atoms with E-state index in [4.69, 9.17) is 5.84 Å². The van der Waals surface area contributed by atoms with Gasteiger partial charge in [-0.1, -0.05) is 33.8 Å². The second kappa shape index (κ2) is 7.50. The highest BCUT2D eigenvalue weighted by molar-refractivity contribution is 9.10. The first-order chi connectivity index (χ1) is 12.3. The molecule has 3 aromatic rings. The second-order valence-electron chi connectivity index (χ2n) is 5.75. The number of nitrogen functional groups attached to an aromatic ring is 1. The van der Waals surface area contributed by atoms with E-state index >= 15 is 0 Å². The number of aryl methyl sites for hydroxylation is 2. The Bertz CT molecular complexity index is 952. The van der Waals surface area contributed by atoms with Crippen LogP contribution in [0, 0.1) is 13.8 Å². The minimum absolute atomic E-state index is 0.149. The number of anilines is 1. The van der Waals surface area contributed by atoms with Crippen molar-refractivity contribution in [1.29, 1.82) is 0 Å². The fourth-order valence-corrected chi connectivity index (χ4v) is 3.51. The maximum Gasteiger partial charge on any atom is 0.271 e. The molecule has 3 rings (SSSR count). The molecule has 10 heteroatoms. The zero-order valence-electron chi connectivity index (χ0n) is 14.5. The fraction of sp³-hybridized carbons (Fsp3) is 0.250. The van der Waals surface area contributed by atoms with E-state index in [9.17, 15) is 4.79 Å². The Morgan fingerprint density at radius 2 is 2.08 bits per heavy atom. The molecule has 1 unspecified atom stereocenters. The number of carbonyl (C=O) groups excluding carboxylic acids is 1. The van der Waals surface area contributed by atoms with Crippen LogP contribution < -0.4 is 11.2 Å². The Labute approximate surface area is 163 Å². The molecule has 136 valence electrons. The van der Waals surface area contributed by atoms with Gasteiger partial charge < -0.3 is 11.2 Å². The van der Waals surface area contributed by atoms with Crippen LogP contribution in [0.25, 0.3) is 5.95 Å². The molecule has 2 heterocycles. The van der Waals surface area contributed by atoms with Crippen molar-refractivity contribution in [3.63, 3.8) is 0 Å². The van der Waals surface area contributed by atoms with Crippen molar-refractivity contribution in [2.75, 3.05) is 11.2 Å². The van der Waals surface area contributed by atoms with Crippen LogP contribution in [0.1, 0.15) is 18.3 Å². The largest absolute Gasteiger partial charge is 0.334 e. The summed E-state index contributed by atoms with van der Waals surface area (Å²) in [5.41, 5.74) is 2.48. The number of hydrogen-bond donors (Lipinski definition) is 2. The van der Waals surface area contributed by atoms with E-state index in [1.165, 1.54) is 16.4 Å². The van der Waals surface area contributed by atoms with E-state index in [0.29, 0.717) is 11.1 Å². The fourth-order valence-electron chi connectivity index (χ4n) is 2.35. The number of nitrogens with two attached hydrogens (primary N) is 1. The molecule has 1 aromatic carbocycles. The lowest BCUT2D eigenvalue weighted by molar-refractivity contribution is -0.115. The third kappa shape index (κ3) is 3.91. The monoisotopic (exact) mass is 435 g/mol. The van der Waals surface area contributed by atoms with Crippen molar-refractivity contribution in [3.05, 3.63) is 46.2 Å². The summed E-state index contributed by atoms with van der Waals surface area (Å²) >= 11 is 4.61. The average Bonchev–Trinajstić information content (AvgIpc) is 3.09. The Balaban J connectivity index is 1.72. The van der Waals surface area contributed by atoms with Crippen LogP contribution in [0.2, 0.25) is 0 Å². The van der Waals surface area contributed by atoms with Crippen LogP contribution in [-0.2, 0) is 4.79 Å². The van der Waals surface area contributed by atoms with Crippen LogP contribution >= 0.6 is 27.7 Å². The Morgan fingerprint density at radius 3 is 2.73 bits per heavy atom. The number of hydrogen-bond acceptors (Lipinski definition) is 6. The van der Waals surface area contributed by atoms with Gasteiger partial charge in [0.25, 0.3) is 5.95 Å². The smallest absolute Gasteiger partial charge is 0.271 e. The quantitative estimate of drug-likeness (QED) is 0.471. The number of nitrogens with one attached hydrogen (secondary N) is 1. The number of halogens is 1. The van der Waals surface area contributed by atoms with Gasteiger partial charge in [-0.05, 0) is 45.0 Å². The van der Waals surface area contributed by atoms with E-state index in [1.54, 1.807) is 11.6 Å². The SMILES string of the molecule is Cc1cc(C)n(-c2nnc(SC(C)C(=O)Nc3cccc(Br)c3)n2N)n1. The van der Waals surface area contributed by atoms with E-state index in [1.807, 2.05) is 44.2 Å². The zero-order valence-corrected chi connectivity index (χ0v) is 16.9. The molecule has 0 aliphatic heterocycles. The zero-order chi connectivity index (χ0) is 18.8. The van der Waals surface area contributed by atoms with E-state index < -0.39 is 5.25 Å². The van der Waals surface area contributed by atoms with Crippen molar-refractivity contribution in [2.24, 2.45) is 0 Å². The molecule has 0 radical (unpaired) electrons. The van der Waals surface area contributed by atoms with E-state index in [0.717, 1.165) is 21.5 Å². The van der Waals surface area contributed by atoms with Crippen molar-refractivity contribution in [1.82, 2.24) is 24.7 Å². The number of rotatable bonds is 5. The first-order valence-electron chi connectivity index (χ1n) is 7.82. The predicted octanol–water partition coefficient (Wildman–Crippen LogP) is 2.68. The third-order valence-electron chi connectivity index (χ3n) is 3.59. The Morgan fingerprint density at radius 1 is 1.31 bits per heavy atom. The molecule has 2 aromatic heterocycles. The lowest BCUT2D eigenvalue weighted by atomic mass is 10.3. The molecule has 8 nitrogen and oxygen atoms in total. The van der Waals surface area contributed by atoms with Crippen molar-refractivity contribution < 1.29 is 4.79 Å². The molecule has 0 saturated carbocycles. The first kappa shape index (κ1) is 18.5. The second-order valence-corrected chi connectivity index (χ2v) is 7.97. The number of amides is 1. The van der Waals surface area contributed by atoms with Crippen LogP contribution in [0.15, 0.2) is 40.0 Å². The topological polar surface area (TPSA) is 104 Å². The molecule has 0 spiro atoms. The summed E-state index contributed by atoms with van der Waals surface area (Å²) in [7, 11) is 0. The van der Waals surface area contributed by atoms with Gasteiger partial charge in [-0.2, -0.15) is 5.10 Å². The number of nitrogens with zero attached hydrogens (tertiary/aromatic N) is 5. The highest BCUT2D eigenvalue weighted by Crippen LogP contribution is 2.24. The molecule has 0 fully saturated rings. The third-order valence-corrected chi connectivity index (χ3v) is 5.14. The number of thioether (sulfide) groups is 1. The van der Waals surface area contributed by atoms with Crippen LogP contribution in [0.4, 0.5) is 5.69 Å². The van der Waals surface area contributed by atoms with Crippen molar-refractivity contribution >= 4 is 39.3 Å². The average molecular weight is 436 g/mol. The molecular formula is C16H18BrN7OS. The van der Waals surface area contributed by atoms with Gasteiger partial charge in [0.1, 0.15) is 0 Å². The predicted molar refractivity (Wildman–Crippen MR) is 105 cm³/mol. The maximum absolute atomic E-state index is 12.4. The number of aromatic nitrogens is 5. The van der Waals surface area contributed by atoms with Crippen molar-refractivity contribution in [3.8, 4) is 5.95 Å². The number of benzene rings is 1. The van der Waals surface area contributed by atoms with Gasteiger partial charge in [0.2, 0.25) is 11.1 Å². The molecule has 0 saturated heterocycles. The minimum atomic E-state index is -0.409. The highest BCUT2D eigenvalue weighted by atomic mass is 79.9. The van der Waals surface area contributed by atoms with Crippen LogP contribution in [-0.4, -0.2) is 35.8 Å². The summed E-state index contributed by atoms with van der Waals surface area (Å²) in [6.45, 7) is 5.59. The van der Waals surface area contributed by atoms with Gasteiger partial charge in [-0.25, -0.2) is 9.36 Å². The lowest BCUT2D eigenvalue weighted by Crippen LogP contribution is -2.24. The highest BCUT2D eigenvalue weighted by Gasteiger charge is 2.21. The molecular weight excluding hydrogens is 418 g/mol. The van der Waals surface area contributed by atoms with Gasteiger partial charge in [-0.15, -0.1) is 10.2 Å². The number of carbonyl (C=O) groups is 1. The molecule has 1 amide bonds. The summed E-state index contributed by atoms with van der Waals surface area (Å²) in [4.78, 5) is 12.4. The molecule has 3 N–H and O–H groups in total. The normalized spacial score (nSPS) is 12.2. The van der Waals surface area contributed by atoms with Gasteiger partial charge in [0.15, 0.2) is 0 Å². The van der Waals surface area contributed by atoms with E-state index in [2.05, 4.69) is 36.5 Å². The van der Waals surface area contributed by atoms with Crippen LogP contribution in [0.3, 0.4) is 0 Å². The molecule has 1 atom stereocenters. The van der Waals surface area contributed by atoms with Crippen LogP contribution in [0.5, 0.6) is 0 Å². The van der Waals surface area contributed by atoms with Gasteiger partial charge in [-0.3, -0.25) is 4.79 Å².